The molecule has 6 nitrogen and oxygen atoms in total. The molecule has 0 aliphatic carbocycles. The molecule has 2 aromatic rings. The van der Waals surface area contributed by atoms with Gasteiger partial charge in [0.05, 0.1) is 17.5 Å². The van der Waals surface area contributed by atoms with Crippen LogP contribution >= 0.6 is 31.9 Å². The topological polar surface area (TPSA) is 68.7 Å². The molecule has 0 atom stereocenters. The Bertz CT molecular complexity index is 835. The molecule has 2 heterocycles. The summed E-state index contributed by atoms with van der Waals surface area (Å²) in [6.07, 6.45) is 2.92. The van der Waals surface area contributed by atoms with Crippen molar-refractivity contribution in [3.63, 3.8) is 0 Å². The fourth-order valence-corrected chi connectivity index (χ4v) is 4.43. The summed E-state index contributed by atoms with van der Waals surface area (Å²) in [6.45, 7) is 0.986. The Morgan fingerprint density at radius 3 is 2.69 bits per heavy atom. The molecule has 1 aliphatic heterocycles. The standard InChI is InChI=1S/C18H18Br2N2O4/c1-25-18(24)11-4-7-22(8-5-11)15(23)10-26-17-14(20)9-13(19)12-3-2-6-21-16(12)17/h2-3,6,9,11H,4-5,7-8,10H2,1H3. The predicted molar refractivity (Wildman–Crippen MR) is 104 cm³/mol. The zero-order chi connectivity index (χ0) is 18.7. The molecule has 0 saturated carbocycles. The highest BCUT2D eigenvalue weighted by atomic mass is 79.9. The summed E-state index contributed by atoms with van der Waals surface area (Å²) in [4.78, 5) is 30.1. The second-order valence-electron chi connectivity index (χ2n) is 6.04. The van der Waals surface area contributed by atoms with Gasteiger partial charge in [0, 0.05) is 29.1 Å². The van der Waals surface area contributed by atoms with Crippen molar-refractivity contribution in [2.45, 2.75) is 12.8 Å². The van der Waals surface area contributed by atoms with E-state index in [0.29, 0.717) is 37.2 Å². The zero-order valence-corrected chi connectivity index (χ0v) is 17.4. The lowest BCUT2D eigenvalue weighted by molar-refractivity contribution is -0.149. The molecule has 26 heavy (non-hydrogen) atoms. The predicted octanol–water partition coefficient (Wildman–Crippen LogP) is 3.55. The van der Waals surface area contributed by atoms with Crippen LogP contribution in [0.15, 0.2) is 33.3 Å². The maximum Gasteiger partial charge on any atom is 0.308 e. The molecule has 0 unspecified atom stereocenters. The van der Waals surface area contributed by atoms with Crippen LogP contribution < -0.4 is 4.74 Å². The Labute approximate surface area is 168 Å². The van der Waals surface area contributed by atoms with Crippen LogP contribution in [0.2, 0.25) is 0 Å². The average Bonchev–Trinajstić information content (AvgIpc) is 2.67. The first kappa shape index (κ1) is 19.1. The van der Waals surface area contributed by atoms with E-state index in [-0.39, 0.29) is 24.4 Å². The van der Waals surface area contributed by atoms with Gasteiger partial charge in [-0.15, -0.1) is 0 Å². The van der Waals surface area contributed by atoms with E-state index in [0.717, 1.165) is 14.3 Å². The Hall–Kier alpha value is -1.67. The van der Waals surface area contributed by atoms with E-state index in [4.69, 9.17) is 9.47 Å². The van der Waals surface area contributed by atoms with Crippen LogP contribution in [0.3, 0.4) is 0 Å². The third-order valence-corrected chi connectivity index (χ3v) is 5.72. The molecule has 0 radical (unpaired) electrons. The number of likely N-dealkylation sites (tertiary alicyclic amines) is 1. The first-order valence-electron chi connectivity index (χ1n) is 8.22. The molecule has 1 aliphatic rings. The second-order valence-corrected chi connectivity index (χ2v) is 7.74. The molecule has 1 aromatic heterocycles. The third kappa shape index (κ3) is 4.01. The van der Waals surface area contributed by atoms with Gasteiger partial charge in [0.1, 0.15) is 5.52 Å². The van der Waals surface area contributed by atoms with E-state index in [1.54, 1.807) is 11.1 Å². The number of carbonyl (C=O) groups excluding carboxylic acids is 2. The van der Waals surface area contributed by atoms with E-state index in [2.05, 4.69) is 36.8 Å². The number of esters is 1. The number of halogens is 2. The first-order valence-corrected chi connectivity index (χ1v) is 9.81. The number of nitrogens with zero attached hydrogens (tertiary/aromatic N) is 2. The maximum absolute atomic E-state index is 12.5. The number of hydrogen-bond acceptors (Lipinski definition) is 5. The van der Waals surface area contributed by atoms with Crippen molar-refractivity contribution in [3.05, 3.63) is 33.3 Å². The van der Waals surface area contributed by atoms with Crippen molar-refractivity contribution in [2.24, 2.45) is 5.92 Å². The van der Waals surface area contributed by atoms with Gasteiger partial charge in [-0.25, -0.2) is 0 Å². The minimum absolute atomic E-state index is 0.0746. The van der Waals surface area contributed by atoms with E-state index in [9.17, 15) is 9.59 Å². The fraction of sp³-hybridized carbons (Fsp3) is 0.389. The summed E-state index contributed by atoms with van der Waals surface area (Å²) >= 11 is 6.98. The summed E-state index contributed by atoms with van der Waals surface area (Å²) in [6, 6.07) is 5.66. The number of hydrogen-bond donors (Lipinski definition) is 0. The smallest absolute Gasteiger partial charge is 0.308 e. The number of rotatable bonds is 4. The van der Waals surface area contributed by atoms with Gasteiger partial charge in [0.15, 0.2) is 12.4 Å². The molecular formula is C18H18Br2N2O4. The number of fused-ring (bicyclic) bond motifs is 1. The molecule has 0 spiro atoms. The number of aromatic nitrogens is 1. The summed E-state index contributed by atoms with van der Waals surface area (Å²) in [7, 11) is 1.39. The summed E-state index contributed by atoms with van der Waals surface area (Å²) < 4.78 is 12.2. The van der Waals surface area contributed by atoms with Crippen molar-refractivity contribution in [1.29, 1.82) is 0 Å². The summed E-state index contributed by atoms with van der Waals surface area (Å²) in [5, 5.41) is 0.914. The van der Waals surface area contributed by atoms with Crippen LogP contribution in [0.4, 0.5) is 0 Å². The highest BCUT2D eigenvalue weighted by Gasteiger charge is 2.28. The largest absolute Gasteiger partial charge is 0.480 e. The minimum Gasteiger partial charge on any atom is -0.480 e. The molecular weight excluding hydrogens is 468 g/mol. The van der Waals surface area contributed by atoms with E-state index in [1.807, 2.05) is 18.2 Å². The number of carbonyl (C=O) groups is 2. The SMILES string of the molecule is COC(=O)C1CCN(C(=O)COc2c(Br)cc(Br)c3cccnc23)CC1. The van der Waals surface area contributed by atoms with E-state index in [1.165, 1.54) is 7.11 Å². The Kier molecular flexibility index (Phi) is 6.13. The van der Waals surface area contributed by atoms with Crippen LogP contribution in [0.5, 0.6) is 5.75 Å². The molecule has 1 amide bonds. The van der Waals surface area contributed by atoms with Gasteiger partial charge in [0.2, 0.25) is 0 Å². The van der Waals surface area contributed by atoms with Gasteiger partial charge in [-0.1, -0.05) is 22.0 Å². The monoisotopic (exact) mass is 484 g/mol. The van der Waals surface area contributed by atoms with Crippen molar-refractivity contribution in [2.75, 3.05) is 26.8 Å². The Morgan fingerprint density at radius 1 is 1.27 bits per heavy atom. The first-order chi connectivity index (χ1) is 12.5. The second kappa shape index (κ2) is 8.35. The van der Waals surface area contributed by atoms with Gasteiger partial charge in [-0.2, -0.15) is 0 Å². The highest BCUT2D eigenvalue weighted by molar-refractivity contribution is 9.11. The van der Waals surface area contributed by atoms with E-state index >= 15 is 0 Å². The lowest BCUT2D eigenvalue weighted by Crippen LogP contribution is -2.42. The van der Waals surface area contributed by atoms with Gasteiger partial charge in [-0.3, -0.25) is 14.6 Å². The highest BCUT2D eigenvalue weighted by Crippen LogP contribution is 2.37. The maximum atomic E-state index is 12.5. The number of pyridine rings is 1. The normalized spacial score (nSPS) is 15.1. The van der Waals surface area contributed by atoms with Crippen LogP contribution in [-0.4, -0.2) is 48.6 Å². The quantitative estimate of drug-likeness (QED) is 0.619. The lowest BCUT2D eigenvalue weighted by Gasteiger charge is -2.30. The molecule has 0 N–H and O–H groups in total. The Morgan fingerprint density at radius 2 is 2.00 bits per heavy atom. The molecule has 1 aromatic carbocycles. The molecule has 3 rings (SSSR count). The number of benzene rings is 1. The van der Waals surface area contributed by atoms with Crippen LogP contribution in [0, 0.1) is 5.92 Å². The van der Waals surface area contributed by atoms with Crippen LogP contribution in [-0.2, 0) is 14.3 Å². The van der Waals surface area contributed by atoms with Crippen molar-refractivity contribution in [3.8, 4) is 5.75 Å². The number of ether oxygens (including phenoxy) is 2. The summed E-state index contributed by atoms with van der Waals surface area (Å²) in [5.74, 6) is 0.109. The van der Waals surface area contributed by atoms with Crippen molar-refractivity contribution >= 4 is 54.6 Å². The minimum atomic E-state index is -0.204. The molecule has 0 bridgehead atoms. The summed E-state index contributed by atoms with van der Waals surface area (Å²) in [5.41, 5.74) is 0.686. The van der Waals surface area contributed by atoms with E-state index < -0.39 is 0 Å². The zero-order valence-electron chi connectivity index (χ0n) is 14.2. The molecule has 1 fully saturated rings. The lowest BCUT2D eigenvalue weighted by atomic mass is 9.97. The third-order valence-electron chi connectivity index (χ3n) is 4.47. The van der Waals surface area contributed by atoms with Gasteiger partial charge in [0.25, 0.3) is 5.91 Å². The molecule has 138 valence electrons. The Balaban J connectivity index is 1.66. The fourth-order valence-electron chi connectivity index (χ4n) is 3.04. The van der Waals surface area contributed by atoms with Crippen LogP contribution in [0.25, 0.3) is 10.9 Å². The number of piperidine rings is 1. The van der Waals surface area contributed by atoms with Gasteiger partial charge < -0.3 is 14.4 Å². The van der Waals surface area contributed by atoms with Crippen molar-refractivity contribution < 1.29 is 19.1 Å². The van der Waals surface area contributed by atoms with Crippen molar-refractivity contribution in [1.82, 2.24) is 9.88 Å². The van der Waals surface area contributed by atoms with Crippen LogP contribution in [0.1, 0.15) is 12.8 Å². The average molecular weight is 486 g/mol. The molecule has 8 heteroatoms. The molecule has 1 saturated heterocycles. The number of methoxy groups -OCH3 is 1. The van der Waals surface area contributed by atoms with Gasteiger partial charge in [-0.05, 0) is 40.9 Å². The number of amides is 1. The van der Waals surface area contributed by atoms with Gasteiger partial charge >= 0.3 is 5.97 Å².